The van der Waals surface area contributed by atoms with E-state index in [0.717, 1.165) is 22.5 Å². The average molecular weight is 298 g/mol. The highest BCUT2D eigenvalue weighted by Gasteiger charge is 2.38. The molecule has 0 radical (unpaired) electrons. The number of hydrogen-bond acceptors (Lipinski definition) is 2. The summed E-state index contributed by atoms with van der Waals surface area (Å²) in [5.41, 5.74) is 3.78. The number of anilines is 1. The van der Waals surface area contributed by atoms with E-state index in [-0.39, 0.29) is 17.1 Å². The van der Waals surface area contributed by atoms with E-state index < -0.39 is 0 Å². The fourth-order valence-electron chi connectivity index (χ4n) is 2.99. The summed E-state index contributed by atoms with van der Waals surface area (Å²) in [6.45, 7) is 6.44. The summed E-state index contributed by atoms with van der Waals surface area (Å²) in [7, 11) is 0. The topological polar surface area (TPSA) is 33.2 Å². The van der Waals surface area contributed by atoms with Crippen LogP contribution in [0.25, 0.3) is 0 Å². The molecule has 0 spiro atoms. The van der Waals surface area contributed by atoms with Gasteiger partial charge in [0.2, 0.25) is 5.91 Å². The molecule has 3 nitrogen and oxygen atoms in total. The smallest absolute Gasteiger partial charge is 0.223 e. The van der Waals surface area contributed by atoms with Gasteiger partial charge in [0.05, 0.1) is 11.4 Å². The zero-order chi connectivity index (χ0) is 15.9. The molecule has 0 saturated carbocycles. The van der Waals surface area contributed by atoms with Crippen LogP contribution in [0.15, 0.2) is 36.5 Å². The second kappa shape index (κ2) is 5.20. The molecule has 2 aromatic rings. The molecule has 0 saturated heterocycles. The number of amides is 1. The second-order valence-corrected chi connectivity index (χ2v) is 6.50. The van der Waals surface area contributed by atoms with E-state index in [1.807, 2.05) is 12.3 Å². The van der Waals surface area contributed by atoms with E-state index >= 15 is 0 Å². The SMILES string of the molecule is CC(=O)N1CC(C)(C)c2ncc(Cc3ccc(F)cc3)cc21. The van der Waals surface area contributed by atoms with Crippen molar-refractivity contribution in [1.29, 1.82) is 0 Å². The highest BCUT2D eigenvalue weighted by Crippen LogP contribution is 2.39. The van der Waals surface area contributed by atoms with E-state index in [9.17, 15) is 9.18 Å². The Morgan fingerprint density at radius 3 is 2.59 bits per heavy atom. The van der Waals surface area contributed by atoms with E-state index in [1.54, 1.807) is 24.0 Å². The van der Waals surface area contributed by atoms with Gasteiger partial charge in [0.25, 0.3) is 0 Å². The summed E-state index contributed by atoms with van der Waals surface area (Å²) < 4.78 is 13.0. The third-order valence-corrected chi connectivity index (χ3v) is 4.11. The maximum Gasteiger partial charge on any atom is 0.223 e. The Bertz CT molecular complexity index is 722. The quantitative estimate of drug-likeness (QED) is 0.850. The number of hydrogen-bond donors (Lipinski definition) is 0. The van der Waals surface area contributed by atoms with Crippen LogP contribution in [-0.4, -0.2) is 17.4 Å². The molecule has 1 aromatic carbocycles. The van der Waals surface area contributed by atoms with Crippen molar-refractivity contribution in [1.82, 2.24) is 4.98 Å². The summed E-state index contributed by atoms with van der Waals surface area (Å²) in [5, 5.41) is 0. The minimum Gasteiger partial charge on any atom is -0.310 e. The number of benzene rings is 1. The summed E-state index contributed by atoms with van der Waals surface area (Å²) in [4.78, 5) is 18.2. The standard InChI is InChI=1S/C18H19FN2O/c1-12(22)21-11-18(2,3)17-16(21)9-14(10-20-17)8-13-4-6-15(19)7-5-13/h4-7,9-10H,8,11H2,1-3H3. The predicted molar refractivity (Wildman–Crippen MR) is 84.5 cm³/mol. The number of halogens is 1. The largest absolute Gasteiger partial charge is 0.310 e. The number of carbonyl (C=O) groups is 1. The molecular weight excluding hydrogens is 279 g/mol. The van der Waals surface area contributed by atoms with Gasteiger partial charge in [0.15, 0.2) is 0 Å². The molecule has 0 bridgehead atoms. The first-order valence-corrected chi connectivity index (χ1v) is 7.39. The van der Waals surface area contributed by atoms with Crippen molar-refractivity contribution in [3.8, 4) is 0 Å². The van der Waals surface area contributed by atoms with Gasteiger partial charge in [0.1, 0.15) is 5.82 Å². The van der Waals surface area contributed by atoms with Gasteiger partial charge >= 0.3 is 0 Å². The van der Waals surface area contributed by atoms with E-state index in [0.29, 0.717) is 13.0 Å². The highest BCUT2D eigenvalue weighted by atomic mass is 19.1. The molecule has 3 rings (SSSR count). The Labute approximate surface area is 129 Å². The number of pyridine rings is 1. The van der Waals surface area contributed by atoms with Crippen LogP contribution in [0.4, 0.5) is 10.1 Å². The Hall–Kier alpha value is -2.23. The molecule has 0 unspecified atom stereocenters. The first kappa shape index (κ1) is 14.7. The maximum atomic E-state index is 13.0. The normalized spacial score (nSPS) is 15.7. The van der Waals surface area contributed by atoms with Crippen molar-refractivity contribution < 1.29 is 9.18 Å². The van der Waals surface area contributed by atoms with Crippen LogP contribution in [0, 0.1) is 5.82 Å². The molecule has 0 fully saturated rings. The fourth-order valence-corrected chi connectivity index (χ4v) is 2.99. The fraction of sp³-hybridized carbons (Fsp3) is 0.333. The number of carbonyl (C=O) groups excluding carboxylic acids is 1. The lowest BCUT2D eigenvalue weighted by atomic mass is 9.91. The molecule has 1 amide bonds. The molecule has 0 atom stereocenters. The molecule has 0 N–H and O–H groups in total. The molecule has 2 heterocycles. The van der Waals surface area contributed by atoms with Crippen molar-refractivity contribution in [3.63, 3.8) is 0 Å². The minimum absolute atomic E-state index is 0.0348. The molecular formula is C18H19FN2O. The van der Waals surface area contributed by atoms with Gasteiger partial charge in [0, 0.05) is 25.1 Å². The lowest BCUT2D eigenvalue weighted by Crippen LogP contribution is -2.32. The van der Waals surface area contributed by atoms with Gasteiger partial charge in [-0.25, -0.2) is 4.39 Å². The van der Waals surface area contributed by atoms with Gasteiger partial charge in [-0.15, -0.1) is 0 Å². The number of fused-ring (bicyclic) bond motifs is 1. The van der Waals surface area contributed by atoms with Crippen LogP contribution in [-0.2, 0) is 16.6 Å². The van der Waals surface area contributed by atoms with Gasteiger partial charge in [-0.3, -0.25) is 9.78 Å². The highest BCUT2D eigenvalue weighted by molar-refractivity contribution is 5.94. The van der Waals surface area contributed by atoms with E-state index in [2.05, 4.69) is 18.8 Å². The summed E-state index contributed by atoms with van der Waals surface area (Å²) in [6.07, 6.45) is 2.53. The van der Waals surface area contributed by atoms with Crippen molar-refractivity contribution in [2.24, 2.45) is 0 Å². The van der Waals surface area contributed by atoms with Crippen molar-refractivity contribution >= 4 is 11.6 Å². The van der Waals surface area contributed by atoms with Crippen molar-refractivity contribution in [2.45, 2.75) is 32.6 Å². The molecule has 1 aliphatic rings. The zero-order valence-electron chi connectivity index (χ0n) is 13.1. The van der Waals surface area contributed by atoms with Crippen LogP contribution in [0.5, 0.6) is 0 Å². The van der Waals surface area contributed by atoms with Crippen LogP contribution in [0.2, 0.25) is 0 Å². The lowest BCUT2D eigenvalue weighted by molar-refractivity contribution is -0.116. The third-order valence-electron chi connectivity index (χ3n) is 4.11. The van der Waals surface area contributed by atoms with Gasteiger partial charge in [-0.05, 0) is 35.7 Å². The molecule has 1 aliphatic heterocycles. The van der Waals surface area contributed by atoms with E-state index in [4.69, 9.17) is 0 Å². The summed E-state index contributed by atoms with van der Waals surface area (Å²) in [6, 6.07) is 8.49. The minimum atomic E-state index is -0.236. The predicted octanol–water partition coefficient (Wildman–Crippen LogP) is 3.46. The monoisotopic (exact) mass is 298 g/mol. The zero-order valence-corrected chi connectivity index (χ0v) is 13.1. The number of aromatic nitrogens is 1. The van der Waals surface area contributed by atoms with Crippen LogP contribution in [0.3, 0.4) is 0 Å². The molecule has 1 aromatic heterocycles. The van der Waals surface area contributed by atoms with Gasteiger partial charge < -0.3 is 4.90 Å². The van der Waals surface area contributed by atoms with Gasteiger partial charge in [-0.1, -0.05) is 26.0 Å². The van der Waals surface area contributed by atoms with Crippen LogP contribution in [0.1, 0.15) is 37.6 Å². The van der Waals surface area contributed by atoms with E-state index in [1.165, 1.54) is 12.1 Å². The average Bonchev–Trinajstić information content (AvgIpc) is 2.73. The molecule has 114 valence electrons. The first-order chi connectivity index (χ1) is 10.4. The third kappa shape index (κ3) is 2.61. The van der Waals surface area contributed by atoms with Crippen molar-refractivity contribution in [2.75, 3.05) is 11.4 Å². The number of rotatable bonds is 2. The Kier molecular flexibility index (Phi) is 3.47. The van der Waals surface area contributed by atoms with Crippen LogP contribution >= 0.6 is 0 Å². The first-order valence-electron chi connectivity index (χ1n) is 7.39. The maximum absolute atomic E-state index is 13.0. The Morgan fingerprint density at radius 2 is 1.95 bits per heavy atom. The van der Waals surface area contributed by atoms with Crippen LogP contribution < -0.4 is 4.90 Å². The molecule has 4 heteroatoms. The number of nitrogens with zero attached hydrogens (tertiary/aromatic N) is 2. The van der Waals surface area contributed by atoms with Crippen molar-refractivity contribution in [3.05, 3.63) is 59.2 Å². The summed E-state index contributed by atoms with van der Waals surface area (Å²) in [5.74, 6) is -0.201. The Morgan fingerprint density at radius 1 is 1.27 bits per heavy atom. The lowest BCUT2D eigenvalue weighted by Gasteiger charge is -2.18. The Balaban J connectivity index is 1.94. The second-order valence-electron chi connectivity index (χ2n) is 6.50. The van der Waals surface area contributed by atoms with Gasteiger partial charge in [-0.2, -0.15) is 0 Å². The molecule has 22 heavy (non-hydrogen) atoms. The summed E-state index contributed by atoms with van der Waals surface area (Å²) >= 11 is 0. The molecule has 0 aliphatic carbocycles.